The van der Waals surface area contributed by atoms with E-state index in [0.717, 1.165) is 13.0 Å². The average Bonchev–Trinajstić information content (AvgIpc) is 2.66. The van der Waals surface area contributed by atoms with Crippen LogP contribution >= 0.6 is 0 Å². The number of ether oxygens (including phenoxy) is 1. The number of likely N-dealkylation sites (N-methyl/N-ethyl adjacent to an activating group) is 1. The van der Waals surface area contributed by atoms with Crippen LogP contribution in [0, 0.1) is 5.92 Å². The third kappa shape index (κ3) is 4.75. The van der Waals surface area contributed by atoms with E-state index in [1.54, 1.807) is 0 Å². The van der Waals surface area contributed by atoms with Gasteiger partial charge in [0.2, 0.25) is 5.91 Å². The van der Waals surface area contributed by atoms with Crippen molar-refractivity contribution in [1.29, 1.82) is 0 Å². The van der Waals surface area contributed by atoms with Crippen LogP contribution in [-0.2, 0) is 9.53 Å². The summed E-state index contributed by atoms with van der Waals surface area (Å²) in [6.45, 7) is 9.20. The molecule has 5 nitrogen and oxygen atoms in total. The van der Waals surface area contributed by atoms with E-state index in [1.807, 2.05) is 19.0 Å². The van der Waals surface area contributed by atoms with Gasteiger partial charge < -0.3 is 14.5 Å². The molecule has 0 radical (unpaired) electrons. The molecule has 5 heteroatoms. The number of carbonyl (C=O) groups is 1. The minimum atomic E-state index is -0.0354. The number of hydrogen-bond donors (Lipinski definition) is 1. The van der Waals surface area contributed by atoms with Crippen LogP contribution in [0.3, 0.4) is 0 Å². The first-order chi connectivity index (χ1) is 8.97. The molecule has 0 aromatic rings. The quantitative estimate of drug-likeness (QED) is 0.662. The summed E-state index contributed by atoms with van der Waals surface area (Å²) in [5.41, 5.74) is 0. The Bertz CT molecular complexity index is 282. The summed E-state index contributed by atoms with van der Waals surface area (Å²) >= 11 is 0. The summed E-state index contributed by atoms with van der Waals surface area (Å²) in [6.07, 6.45) is 1.10. The van der Waals surface area contributed by atoms with Crippen molar-refractivity contribution in [2.75, 3.05) is 40.4 Å². The number of hydrogen-bond acceptors (Lipinski definition) is 4. The van der Waals surface area contributed by atoms with Crippen molar-refractivity contribution in [1.82, 2.24) is 15.1 Å². The maximum absolute atomic E-state index is 12.3. The van der Waals surface area contributed by atoms with Crippen LogP contribution in [0.25, 0.3) is 0 Å². The highest BCUT2D eigenvalue weighted by molar-refractivity contribution is 5.84. The van der Waals surface area contributed by atoms with Crippen LogP contribution in [-0.4, -0.2) is 68.3 Å². The fourth-order valence-corrected chi connectivity index (χ4v) is 2.29. The molecule has 1 fully saturated rings. The Morgan fingerprint density at radius 3 is 2.58 bits per heavy atom. The van der Waals surface area contributed by atoms with Gasteiger partial charge in [0.05, 0.1) is 25.4 Å². The summed E-state index contributed by atoms with van der Waals surface area (Å²) in [5.74, 6) is 0.555. The Morgan fingerprint density at radius 1 is 1.37 bits per heavy atom. The molecule has 0 saturated carbocycles. The first-order valence-corrected chi connectivity index (χ1v) is 7.26. The fourth-order valence-electron chi connectivity index (χ4n) is 2.29. The number of nitrogens with zero attached hydrogens (tertiary/aromatic N) is 2. The molecule has 1 amide bonds. The molecular formula is C14H29N3O2. The smallest absolute Gasteiger partial charge is 0.241 e. The minimum absolute atomic E-state index is 0.0354. The van der Waals surface area contributed by atoms with Crippen LogP contribution in [0.1, 0.15) is 27.2 Å². The second kappa shape index (κ2) is 7.82. The molecule has 19 heavy (non-hydrogen) atoms. The lowest BCUT2D eigenvalue weighted by Gasteiger charge is -2.23. The van der Waals surface area contributed by atoms with E-state index in [-0.39, 0.29) is 18.1 Å². The van der Waals surface area contributed by atoms with E-state index in [1.165, 1.54) is 0 Å². The molecule has 0 aromatic heterocycles. The van der Waals surface area contributed by atoms with E-state index in [9.17, 15) is 4.79 Å². The highest BCUT2D eigenvalue weighted by Crippen LogP contribution is 2.18. The lowest BCUT2D eigenvalue weighted by Crippen LogP contribution is -2.39. The Morgan fingerprint density at radius 2 is 2.05 bits per heavy atom. The van der Waals surface area contributed by atoms with Gasteiger partial charge in [-0.3, -0.25) is 10.1 Å². The Balaban J connectivity index is 2.36. The van der Waals surface area contributed by atoms with Gasteiger partial charge in [0, 0.05) is 13.1 Å². The van der Waals surface area contributed by atoms with Gasteiger partial charge in [-0.05, 0) is 26.4 Å². The van der Waals surface area contributed by atoms with Gasteiger partial charge >= 0.3 is 0 Å². The molecule has 1 saturated heterocycles. The van der Waals surface area contributed by atoms with Gasteiger partial charge in [0.15, 0.2) is 0 Å². The van der Waals surface area contributed by atoms with Gasteiger partial charge in [-0.2, -0.15) is 0 Å². The monoisotopic (exact) mass is 271 g/mol. The predicted molar refractivity (Wildman–Crippen MR) is 76.9 cm³/mol. The van der Waals surface area contributed by atoms with Crippen LogP contribution in [0.4, 0.5) is 0 Å². The third-order valence-corrected chi connectivity index (χ3v) is 3.51. The summed E-state index contributed by atoms with van der Waals surface area (Å²) in [7, 11) is 4.05. The highest BCUT2D eigenvalue weighted by atomic mass is 16.5. The summed E-state index contributed by atoms with van der Waals surface area (Å²) in [6, 6.07) is -0.0354. The molecule has 1 N–H and O–H groups in total. The van der Waals surface area contributed by atoms with Crippen molar-refractivity contribution in [3.63, 3.8) is 0 Å². The summed E-state index contributed by atoms with van der Waals surface area (Å²) < 4.78 is 5.58. The third-order valence-electron chi connectivity index (χ3n) is 3.51. The molecule has 0 spiro atoms. The van der Waals surface area contributed by atoms with Crippen molar-refractivity contribution >= 4 is 5.91 Å². The van der Waals surface area contributed by atoms with Gasteiger partial charge in [-0.1, -0.05) is 20.8 Å². The van der Waals surface area contributed by atoms with Crippen LogP contribution in [0.5, 0.6) is 0 Å². The highest BCUT2D eigenvalue weighted by Gasteiger charge is 2.38. The van der Waals surface area contributed by atoms with Crippen molar-refractivity contribution < 1.29 is 9.53 Å². The normalized spacial score (nSPS) is 23.9. The minimum Gasteiger partial charge on any atom is -0.378 e. The molecule has 1 rings (SSSR count). The maximum Gasteiger partial charge on any atom is 0.241 e. The van der Waals surface area contributed by atoms with Gasteiger partial charge in [-0.25, -0.2) is 0 Å². The molecule has 1 heterocycles. The number of amides is 1. The molecule has 2 atom stereocenters. The first kappa shape index (κ1) is 16.4. The summed E-state index contributed by atoms with van der Waals surface area (Å²) in [4.78, 5) is 16.3. The Hall–Kier alpha value is -0.650. The van der Waals surface area contributed by atoms with E-state index >= 15 is 0 Å². The fraction of sp³-hybridized carbons (Fsp3) is 0.929. The Labute approximate surface area is 117 Å². The van der Waals surface area contributed by atoms with Crippen LogP contribution < -0.4 is 5.32 Å². The molecule has 2 unspecified atom stereocenters. The number of nitrogens with one attached hydrogen (secondary N) is 1. The van der Waals surface area contributed by atoms with Crippen molar-refractivity contribution in [3.8, 4) is 0 Å². The predicted octanol–water partition coefficient (Wildman–Crippen LogP) is 0.757. The van der Waals surface area contributed by atoms with E-state index < -0.39 is 0 Å². The van der Waals surface area contributed by atoms with Crippen molar-refractivity contribution in [3.05, 3.63) is 0 Å². The summed E-state index contributed by atoms with van der Waals surface area (Å²) in [5, 5.41) is 3.41. The molecule has 112 valence electrons. The molecule has 0 aromatic carbocycles. The maximum atomic E-state index is 12.3. The van der Waals surface area contributed by atoms with Crippen molar-refractivity contribution in [2.24, 2.45) is 5.92 Å². The molecule has 0 aliphatic carbocycles. The number of rotatable bonds is 8. The van der Waals surface area contributed by atoms with Gasteiger partial charge in [0.25, 0.3) is 0 Å². The second-order valence-corrected chi connectivity index (χ2v) is 5.76. The van der Waals surface area contributed by atoms with Gasteiger partial charge in [-0.15, -0.1) is 0 Å². The molecule has 1 aliphatic rings. The first-order valence-electron chi connectivity index (χ1n) is 7.26. The van der Waals surface area contributed by atoms with Crippen LogP contribution in [0.2, 0.25) is 0 Å². The zero-order chi connectivity index (χ0) is 14.4. The molecule has 0 bridgehead atoms. The zero-order valence-electron chi connectivity index (χ0n) is 13.0. The lowest BCUT2D eigenvalue weighted by atomic mass is 10.1. The van der Waals surface area contributed by atoms with E-state index in [2.05, 4.69) is 31.0 Å². The number of carbonyl (C=O) groups excluding carboxylic acids is 1. The van der Waals surface area contributed by atoms with Crippen LogP contribution in [0.15, 0.2) is 0 Å². The zero-order valence-corrected chi connectivity index (χ0v) is 13.0. The molecular weight excluding hydrogens is 242 g/mol. The standard InChI is InChI=1S/C14H29N3O2/c1-6-12-15-13(11(2)3)14(18)17(12)8-10-19-9-7-16(4)5/h11-13,15H,6-10H2,1-5H3. The Kier molecular flexibility index (Phi) is 6.75. The molecule has 1 aliphatic heterocycles. The largest absolute Gasteiger partial charge is 0.378 e. The van der Waals surface area contributed by atoms with E-state index in [4.69, 9.17) is 4.74 Å². The SMILES string of the molecule is CCC1NC(C(C)C)C(=O)N1CCOCCN(C)C. The van der Waals surface area contributed by atoms with E-state index in [0.29, 0.717) is 25.7 Å². The second-order valence-electron chi connectivity index (χ2n) is 5.76. The van der Waals surface area contributed by atoms with Gasteiger partial charge in [0.1, 0.15) is 0 Å². The average molecular weight is 271 g/mol. The lowest BCUT2D eigenvalue weighted by molar-refractivity contribution is -0.131. The topological polar surface area (TPSA) is 44.8 Å². The van der Waals surface area contributed by atoms with Crippen molar-refractivity contribution in [2.45, 2.75) is 39.4 Å².